The van der Waals surface area contributed by atoms with Gasteiger partial charge in [0.05, 0.1) is 36.3 Å². The molecule has 24 heteroatoms. The number of carbonyl (C=O) groups is 5. The molecule has 14 N–H and O–H groups in total. The van der Waals surface area contributed by atoms with Crippen LogP contribution in [0.15, 0.2) is 99.0 Å². The molecule has 0 fully saturated rings. The van der Waals surface area contributed by atoms with Gasteiger partial charge in [0.2, 0.25) is 23.7 Å². The van der Waals surface area contributed by atoms with Gasteiger partial charge < -0.3 is 62.6 Å². The van der Waals surface area contributed by atoms with Gasteiger partial charge in [0, 0.05) is 73.7 Å². The highest BCUT2D eigenvalue weighted by Gasteiger charge is 2.23. The number of nitrogens with two attached hydrogens (primary N) is 5. The van der Waals surface area contributed by atoms with Crippen molar-refractivity contribution in [2.45, 2.75) is 73.5 Å². The topological polar surface area (TPSA) is 366 Å². The Bertz CT molecular complexity index is 2950. The molecule has 0 unspecified atom stereocenters. The number of amides is 4. The quantitative estimate of drug-likeness (QED) is 0.0205. The number of rotatable bonds is 30. The van der Waals surface area contributed by atoms with Gasteiger partial charge in [0.25, 0.3) is 11.8 Å². The third-order valence-corrected chi connectivity index (χ3v) is 10.7. The van der Waals surface area contributed by atoms with Gasteiger partial charge in [0.1, 0.15) is 40.6 Å². The van der Waals surface area contributed by atoms with Gasteiger partial charge in [-0.25, -0.2) is 9.97 Å². The summed E-state index contributed by atoms with van der Waals surface area (Å²) < 4.78 is 15.9. The van der Waals surface area contributed by atoms with E-state index in [-0.39, 0.29) is 104 Å². The van der Waals surface area contributed by atoms with E-state index in [1.807, 2.05) is 25.8 Å². The molecule has 0 aliphatic heterocycles. The average molecular weight is 1040 g/mol. The van der Waals surface area contributed by atoms with Crippen LogP contribution >= 0.6 is 0 Å². The summed E-state index contributed by atoms with van der Waals surface area (Å²) in [6, 6.07) is 5.97. The highest BCUT2D eigenvalue weighted by molar-refractivity contribution is 6.47. The zero-order chi connectivity index (χ0) is 55.2. The summed E-state index contributed by atoms with van der Waals surface area (Å²) in [5.74, 6) is -2.92. The number of imidazole rings is 2. The first-order valence-electron chi connectivity index (χ1n) is 24.2. The third-order valence-electron chi connectivity index (χ3n) is 10.7. The van der Waals surface area contributed by atoms with Crippen LogP contribution in [0.1, 0.15) is 75.1 Å². The van der Waals surface area contributed by atoms with E-state index in [1.165, 1.54) is 42.6 Å². The Morgan fingerprint density at radius 3 is 1.71 bits per heavy atom. The first-order chi connectivity index (χ1) is 35.8. The van der Waals surface area contributed by atoms with Crippen LogP contribution in [0.2, 0.25) is 0 Å². The lowest BCUT2D eigenvalue weighted by atomic mass is 10.1. The number of allylic oxidation sites excluding steroid dienone is 5. The lowest BCUT2D eigenvalue weighted by molar-refractivity contribution is -0.137. The van der Waals surface area contributed by atoms with Crippen molar-refractivity contribution in [2.24, 2.45) is 43.6 Å². The van der Waals surface area contributed by atoms with Gasteiger partial charge in [-0.15, -0.1) is 0 Å². The highest BCUT2D eigenvalue weighted by Crippen LogP contribution is 2.33. The normalized spacial score (nSPS) is 13.0. The number of anilines is 2. The maximum Gasteiger partial charge on any atom is 0.305 e. The SMILES string of the molecule is CCN=C(/C=C(/C)N)C(=O)Nc1nc2cc(C(N)=O)cc(OC/C=C/CN=C/C(=C\N)N(CCC(=O)O)C(C)C)c2n1C/C=C/Cn1c(NC(=O)C(/C=C(/C)N)=NCC)nc2cc(C(N)=O)cc(OCCCNC)c21. The fourth-order valence-electron chi connectivity index (χ4n) is 7.37. The predicted octanol–water partition coefficient (Wildman–Crippen LogP) is 3.34. The van der Waals surface area contributed by atoms with Crippen molar-refractivity contribution in [1.82, 2.24) is 29.3 Å². The van der Waals surface area contributed by atoms with Crippen molar-refractivity contribution >= 4 is 81.2 Å². The third kappa shape index (κ3) is 17.2. The summed E-state index contributed by atoms with van der Waals surface area (Å²) in [6.45, 7) is 12.8. The maximum absolute atomic E-state index is 13.8. The van der Waals surface area contributed by atoms with Crippen LogP contribution in [-0.2, 0) is 27.5 Å². The molecule has 24 nitrogen and oxygen atoms in total. The Balaban J connectivity index is 1.82. The molecule has 0 spiro atoms. The lowest BCUT2D eigenvalue weighted by Gasteiger charge is -2.28. The largest absolute Gasteiger partial charge is 0.491 e. The summed E-state index contributed by atoms with van der Waals surface area (Å²) in [6.07, 6.45) is 13.4. The van der Waals surface area contributed by atoms with Crippen molar-refractivity contribution in [3.63, 3.8) is 0 Å². The molecule has 75 heavy (non-hydrogen) atoms. The maximum atomic E-state index is 13.8. The minimum Gasteiger partial charge on any atom is -0.491 e. The highest BCUT2D eigenvalue weighted by atomic mass is 16.5. The summed E-state index contributed by atoms with van der Waals surface area (Å²) in [5, 5.41) is 18.0. The molecule has 4 rings (SSSR count). The van der Waals surface area contributed by atoms with Gasteiger partial charge in [0.15, 0.2) is 0 Å². The zero-order valence-corrected chi connectivity index (χ0v) is 43.6. The number of hydrogen-bond acceptors (Lipinski definition) is 17. The molecule has 4 amide bonds. The molecule has 0 saturated heterocycles. The molecule has 0 atom stereocenters. The first kappa shape index (κ1) is 58.8. The summed E-state index contributed by atoms with van der Waals surface area (Å²) in [7, 11) is 1.82. The average Bonchev–Trinajstić information content (AvgIpc) is 3.88. The van der Waals surface area contributed by atoms with Crippen molar-refractivity contribution < 1.29 is 38.6 Å². The van der Waals surface area contributed by atoms with Gasteiger partial charge in [-0.05, 0) is 104 Å². The smallest absolute Gasteiger partial charge is 0.305 e. The molecule has 0 aliphatic carbocycles. The monoisotopic (exact) mass is 1030 g/mol. The van der Waals surface area contributed by atoms with Crippen molar-refractivity contribution in [3.8, 4) is 11.5 Å². The van der Waals surface area contributed by atoms with Crippen LogP contribution in [0, 0.1) is 0 Å². The Kier molecular flexibility index (Phi) is 22.8. The number of primary amides is 2. The summed E-state index contributed by atoms with van der Waals surface area (Å²) in [5.41, 5.74) is 32.3. The standard InChI is InChI=1S/C51H70N16O8/c1-8-59-39(23-32(5)53)48(72)63-50-61-37-25-34(46(55)70)27-41(74-21-13-10-17-58-30-36(29-52)65(31(3)4)20-15-43(68)69)44(37)66(50)18-11-12-19-67-45-38(26-35(47(56)71)28-42(45)75-22-14-16-57-7)62-51(67)64-49(73)40(60-9-2)24-33(6)54/h10-13,23-31,57H,8-9,14-22,52-54H2,1-7H3,(H2,55,70)(H2,56,71)(H,68,69)(H,61,63,72)(H,62,64,73)/b12-11+,13-10+,32-23-,33-24-,36-29+,58-30?,59-39?,60-40?. The minimum atomic E-state index is -0.928. The number of hydrogen-bond donors (Lipinski definition) is 9. The second-order valence-electron chi connectivity index (χ2n) is 17.0. The van der Waals surface area contributed by atoms with Crippen LogP contribution in [0.25, 0.3) is 22.1 Å². The molecular formula is C51H70N16O8. The number of aliphatic carboxylic acids is 1. The van der Waals surface area contributed by atoms with E-state index in [0.717, 1.165) is 0 Å². The Hall–Kier alpha value is -8.80. The molecular weight excluding hydrogens is 965 g/mol. The van der Waals surface area contributed by atoms with Crippen LogP contribution in [0.5, 0.6) is 11.5 Å². The number of carboxylic acids is 1. The van der Waals surface area contributed by atoms with Gasteiger partial charge in [-0.1, -0.05) is 18.2 Å². The second kappa shape index (κ2) is 29.0. The molecule has 402 valence electrons. The van der Waals surface area contributed by atoms with Crippen LogP contribution in [-0.4, -0.2) is 135 Å². The molecule has 4 aromatic rings. The van der Waals surface area contributed by atoms with E-state index in [4.69, 9.17) is 48.1 Å². The number of fused-ring (bicyclic) bond motifs is 2. The number of nitrogens with one attached hydrogen (secondary N) is 3. The van der Waals surface area contributed by atoms with Crippen LogP contribution in [0.3, 0.4) is 0 Å². The molecule has 2 heterocycles. The molecule has 2 aromatic carbocycles. The fourth-order valence-corrected chi connectivity index (χ4v) is 7.37. The van der Waals surface area contributed by atoms with Crippen LogP contribution in [0.4, 0.5) is 11.9 Å². The van der Waals surface area contributed by atoms with Crippen molar-refractivity contribution in [2.75, 3.05) is 63.6 Å². The van der Waals surface area contributed by atoms with Gasteiger partial charge >= 0.3 is 5.97 Å². The fraction of sp³-hybridized carbons (Fsp3) is 0.373. The second-order valence-corrected chi connectivity index (χ2v) is 17.0. The Morgan fingerprint density at radius 2 is 1.28 bits per heavy atom. The number of aliphatic imine (C=N–C) groups is 3. The number of benzene rings is 2. The van der Waals surface area contributed by atoms with Crippen LogP contribution < -0.4 is 54.1 Å². The summed E-state index contributed by atoms with van der Waals surface area (Å²) >= 11 is 0. The van der Waals surface area contributed by atoms with E-state index in [9.17, 15) is 29.1 Å². The van der Waals surface area contributed by atoms with E-state index in [1.54, 1.807) is 67.3 Å². The van der Waals surface area contributed by atoms with E-state index in [0.29, 0.717) is 58.9 Å². The minimum absolute atomic E-state index is 0.00406. The zero-order valence-electron chi connectivity index (χ0n) is 43.6. The number of carbonyl (C=O) groups excluding carboxylic acids is 4. The van der Waals surface area contributed by atoms with Gasteiger partial charge in [-0.2, -0.15) is 0 Å². The number of aromatic nitrogens is 4. The Morgan fingerprint density at radius 1 is 0.773 bits per heavy atom. The molecule has 0 saturated carbocycles. The van der Waals surface area contributed by atoms with Crippen molar-refractivity contribution in [3.05, 3.63) is 95.1 Å². The molecule has 0 aliphatic rings. The first-order valence-corrected chi connectivity index (χ1v) is 24.2. The lowest BCUT2D eigenvalue weighted by Crippen LogP contribution is -2.33. The molecule has 0 bridgehead atoms. The number of nitrogens with zero attached hydrogens (tertiary/aromatic N) is 8. The van der Waals surface area contributed by atoms with E-state index in [2.05, 4.69) is 30.9 Å². The molecule has 2 aromatic heterocycles. The number of carboxylic acid groups (broad SMARTS) is 1. The predicted molar refractivity (Wildman–Crippen MR) is 293 cm³/mol. The Labute approximate surface area is 435 Å². The van der Waals surface area contributed by atoms with E-state index >= 15 is 0 Å². The summed E-state index contributed by atoms with van der Waals surface area (Å²) in [4.78, 5) is 88.4. The van der Waals surface area contributed by atoms with E-state index < -0.39 is 29.6 Å². The molecule has 0 radical (unpaired) electrons. The number of ether oxygens (including phenoxy) is 2. The van der Waals surface area contributed by atoms with Crippen molar-refractivity contribution in [1.29, 1.82) is 0 Å². The van der Waals surface area contributed by atoms with Gasteiger partial charge in [-0.3, -0.25) is 49.6 Å².